The molecule has 3 aromatic carbocycles. The Hall–Kier alpha value is -2.36. The maximum atomic E-state index is 12.7. The molecule has 0 amide bonds. The predicted octanol–water partition coefficient (Wildman–Crippen LogP) is 3.69. The zero-order valence-corrected chi connectivity index (χ0v) is 15.1. The molecule has 134 valence electrons. The second-order valence-corrected chi connectivity index (χ2v) is 9.47. The molecular formula is C21H21O4P. The normalized spacial score (nSPS) is 12.9. The van der Waals surface area contributed by atoms with Crippen LogP contribution >= 0.6 is 7.28 Å². The summed E-state index contributed by atoms with van der Waals surface area (Å²) >= 11 is 0. The SMILES string of the molecule is O=C(CP(O)(O)(OCc1ccccc1)c1ccccc1)c1ccccc1. The van der Waals surface area contributed by atoms with E-state index in [0.29, 0.717) is 5.56 Å². The molecule has 0 unspecified atom stereocenters. The average molecular weight is 368 g/mol. The van der Waals surface area contributed by atoms with E-state index in [1.54, 1.807) is 60.7 Å². The van der Waals surface area contributed by atoms with Crippen molar-refractivity contribution < 1.29 is 19.1 Å². The van der Waals surface area contributed by atoms with Crippen LogP contribution in [0.25, 0.3) is 0 Å². The summed E-state index contributed by atoms with van der Waals surface area (Å²) in [6.45, 7) is 0.00261. The Morgan fingerprint density at radius 3 is 1.85 bits per heavy atom. The molecule has 26 heavy (non-hydrogen) atoms. The minimum atomic E-state index is -4.90. The van der Waals surface area contributed by atoms with Gasteiger partial charge in [0.1, 0.15) is 0 Å². The quantitative estimate of drug-likeness (QED) is 0.493. The molecule has 0 heterocycles. The van der Waals surface area contributed by atoms with Crippen molar-refractivity contribution in [3.05, 3.63) is 102 Å². The molecule has 0 bridgehead atoms. The summed E-state index contributed by atoms with van der Waals surface area (Å²) in [7, 11) is -4.90. The fraction of sp³-hybridized carbons (Fsp3) is 0.0952. The zero-order valence-electron chi connectivity index (χ0n) is 14.2. The van der Waals surface area contributed by atoms with Crippen molar-refractivity contribution >= 4 is 18.4 Å². The minimum absolute atomic E-state index is 0.00261. The van der Waals surface area contributed by atoms with Crippen LogP contribution in [-0.2, 0) is 11.1 Å². The van der Waals surface area contributed by atoms with Crippen molar-refractivity contribution in [1.29, 1.82) is 0 Å². The van der Waals surface area contributed by atoms with Crippen LogP contribution in [0.4, 0.5) is 0 Å². The van der Waals surface area contributed by atoms with Crippen LogP contribution in [0.15, 0.2) is 91.0 Å². The Bertz CT molecular complexity index is 864. The Kier molecular flexibility index (Phi) is 5.30. The number of Topliss-reactive ketones (excluding diaryl/α,β-unsaturated/α-hetero) is 1. The summed E-state index contributed by atoms with van der Waals surface area (Å²) in [6.07, 6.45) is -0.494. The molecule has 0 aliphatic carbocycles. The van der Waals surface area contributed by atoms with Gasteiger partial charge in [0.05, 0.1) is 0 Å². The first-order valence-electron chi connectivity index (χ1n) is 8.30. The van der Waals surface area contributed by atoms with Crippen LogP contribution in [0.3, 0.4) is 0 Å². The van der Waals surface area contributed by atoms with Crippen LogP contribution in [0, 0.1) is 0 Å². The van der Waals surface area contributed by atoms with Gasteiger partial charge in [-0.3, -0.25) is 0 Å². The fourth-order valence-electron chi connectivity index (χ4n) is 2.70. The van der Waals surface area contributed by atoms with Crippen LogP contribution in [0.2, 0.25) is 0 Å². The van der Waals surface area contributed by atoms with Gasteiger partial charge in [0.2, 0.25) is 0 Å². The topological polar surface area (TPSA) is 66.8 Å². The van der Waals surface area contributed by atoms with Gasteiger partial charge in [-0.05, 0) is 0 Å². The molecule has 0 aliphatic rings. The molecule has 0 spiro atoms. The first-order chi connectivity index (χ1) is 12.5. The molecule has 3 rings (SSSR count). The number of benzene rings is 3. The second-order valence-electron chi connectivity index (χ2n) is 6.16. The zero-order chi connectivity index (χ0) is 18.5. The summed E-state index contributed by atoms with van der Waals surface area (Å²) in [5.41, 5.74) is 1.22. The summed E-state index contributed by atoms with van der Waals surface area (Å²) in [6, 6.07) is 26.2. The number of carbonyl (C=O) groups excluding carboxylic acids is 1. The van der Waals surface area contributed by atoms with Gasteiger partial charge in [0.25, 0.3) is 0 Å². The van der Waals surface area contributed by atoms with E-state index in [0.717, 1.165) is 5.56 Å². The molecule has 0 saturated heterocycles. The van der Waals surface area contributed by atoms with Gasteiger partial charge >= 0.3 is 152 Å². The maximum absolute atomic E-state index is 12.7. The van der Waals surface area contributed by atoms with Gasteiger partial charge in [-0.2, -0.15) is 0 Å². The van der Waals surface area contributed by atoms with Gasteiger partial charge in [-0.1, -0.05) is 0 Å². The summed E-state index contributed by atoms with van der Waals surface area (Å²) < 4.78 is 5.70. The van der Waals surface area contributed by atoms with E-state index in [1.165, 1.54) is 0 Å². The molecule has 5 heteroatoms. The summed E-state index contributed by atoms with van der Waals surface area (Å²) in [4.78, 5) is 35.3. The third kappa shape index (κ3) is 4.24. The number of hydrogen-bond donors (Lipinski definition) is 2. The molecule has 0 fully saturated rings. The predicted molar refractivity (Wildman–Crippen MR) is 104 cm³/mol. The number of carbonyl (C=O) groups is 1. The summed E-state index contributed by atoms with van der Waals surface area (Å²) in [5, 5.41) is 0.235. The third-order valence-corrected chi connectivity index (χ3v) is 7.01. The average Bonchev–Trinajstić information content (AvgIpc) is 2.69. The van der Waals surface area contributed by atoms with E-state index in [-0.39, 0.29) is 17.7 Å². The van der Waals surface area contributed by atoms with Crippen molar-refractivity contribution in [1.82, 2.24) is 0 Å². The molecule has 2 N–H and O–H groups in total. The number of rotatable bonds is 7. The van der Waals surface area contributed by atoms with Gasteiger partial charge in [-0.15, -0.1) is 0 Å². The van der Waals surface area contributed by atoms with Gasteiger partial charge in [-0.25, -0.2) is 0 Å². The Balaban J connectivity index is 1.92. The number of hydrogen-bond acceptors (Lipinski definition) is 4. The van der Waals surface area contributed by atoms with Gasteiger partial charge < -0.3 is 0 Å². The third-order valence-electron chi connectivity index (χ3n) is 4.14. The van der Waals surface area contributed by atoms with E-state index >= 15 is 0 Å². The summed E-state index contributed by atoms with van der Waals surface area (Å²) in [5.74, 6) is -0.370. The fourth-order valence-corrected chi connectivity index (χ4v) is 5.01. The van der Waals surface area contributed by atoms with Crippen LogP contribution < -0.4 is 5.30 Å². The van der Waals surface area contributed by atoms with Crippen molar-refractivity contribution in [2.75, 3.05) is 6.16 Å². The van der Waals surface area contributed by atoms with E-state index in [9.17, 15) is 14.6 Å². The Morgan fingerprint density at radius 2 is 1.27 bits per heavy atom. The molecule has 4 nitrogen and oxygen atoms in total. The van der Waals surface area contributed by atoms with Gasteiger partial charge in [0.15, 0.2) is 0 Å². The Labute approximate surface area is 152 Å². The van der Waals surface area contributed by atoms with Crippen LogP contribution in [-0.4, -0.2) is 21.7 Å². The van der Waals surface area contributed by atoms with Crippen molar-refractivity contribution in [2.24, 2.45) is 0 Å². The molecule has 3 aromatic rings. The van der Waals surface area contributed by atoms with Crippen molar-refractivity contribution in [3.8, 4) is 0 Å². The van der Waals surface area contributed by atoms with Gasteiger partial charge in [0, 0.05) is 0 Å². The van der Waals surface area contributed by atoms with Crippen molar-refractivity contribution in [2.45, 2.75) is 6.61 Å². The number of ketones is 1. The molecule has 0 aliphatic heterocycles. The first kappa shape index (κ1) is 18.4. The molecule has 0 radical (unpaired) electrons. The molecule has 0 atom stereocenters. The first-order valence-corrected chi connectivity index (χ1v) is 10.5. The van der Waals surface area contributed by atoms with Crippen LogP contribution in [0.1, 0.15) is 15.9 Å². The van der Waals surface area contributed by atoms with E-state index in [2.05, 4.69) is 0 Å². The van der Waals surface area contributed by atoms with E-state index in [4.69, 9.17) is 4.52 Å². The van der Waals surface area contributed by atoms with E-state index < -0.39 is 13.4 Å². The van der Waals surface area contributed by atoms with E-state index in [1.807, 2.05) is 30.3 Å². The molecule has 0 saturated carbocycles. The Morgan fingerprint density at radius 1 is 0.769 bits per heavy atom. The standard InChI is InChI=1S/C21H21O4P/c22-21(19-12-6-2-7-13-19)17-26(23,24,20-14-8-3-9-15-20)25-16-18-10-4-1-5-11-18/h1-15,23-24H,16-17H2. The molecular weight excluding hydrogens is 347 g/mol. The second kappa shape index (κ2) is 7.48. The monoisotopic (exact) mass is 368 g/mol. The van der Waals surface area contributed by atoms with Crippen molar-refractivity contribution in [3.63, 3.8) is 0 Å². The van der Waals surface area contributed by atoms with Crippen LogP contribution in [0.5, 0.6) is 0 Å². The molecule has 0 aromatic heterocycles.